The normalized spacial score (nSPS) is 12.2. The second-order valence-corrected chi connectivity index (χ2v) is 6.52. The lowest BCUT2D eigenvalue weighted by Gasteiger charge is -2.07. The first kappa shape index (κ1) is 15.3. The molecule has 0 aliphatic carbocycles. The smallest absolute Gasteiger partial charge is 0.186 e. The Hall–Kier alpha value is -1.61. The van der Waals surface area contributed by atoms with Crippen LogP contribution in [-0.4, -0.2) is 26.1 Å². The fourth-order valence-corrected chi connectivity index (χ4v) is 3.34. The number of halogens is 3. The first-order valence-electron chi connectivity index (χ1n) is 6.32. The van der Waals surface area contributed by atoms with Gasteiger partial charge in [-0.2, -0.15) is 34.5 Å². The van der Waals surface area contributed by atoms with E-state index in [-0.39, 0.29) is 0 Å². The maximum atomic E-state index is 12.7. The molecule has 2 heterocycles. The average molecular weight is 344 g/mol. The predicted molar refractivity (Wildman–Crippen MR) is 80.1 cm³/mol. The van der Waals surface area contributed by atoms with Crippen LogP contribution in [-0.2, 0) is 18.3 Å². The standard InChI is InChI=1S/C13H11F3N4S2/c1-21-7-10-17-18-12-20(10)19-11(22-12)6-8-3-2-4-9(5-8)13(14,15)16/h2-5H,6-7H2,1H3. The number of aromatic nitrogens is 4. The predicted octanol–water partition coefficient (Wildman–Crippen LogP) is 3.66. The van der Waals surface area contributed by atoms with Gasteiger partial charge >= 0.3 is 6.18 Å². The van der Waals surface area contributed by atoms with E-state index in [4.69, 9.17) is 0 Å². The van der Waals surface area contributed by atoms with Crippen LogP contribution in [0.2, 0.25) is 0 Å². The van der Waals surface area contributed by atoms with Gasteiger partial charge in [0.05, 0.1) is 11.3 Å². The van der Waals surface area contributed by atoms with E-state index in [9.17, 15) is 13.2 Å². The van der Waals surface area contributed by atoms with Crippen molar-refractivity contribution < 1.29 is 13.2 Å². The van der Waals surface area contributed by atoms with Crippen LogP contribution in [0.5, 0.6) is 0 Å². The van der Waals surface area contributed by atoms with Crippen LogP contribution in [0.4, 0.5) is 13.2 Å². The van der Waals surface area contributed by atoms with E-state index in [0.29, 0.717) is 27.7 Å². The largest absolute Gasteiger partial charge is 0.416 e. The zero-order valence-electron chi connectivity index (χ0n) is 11.5. The van der Waals surface area contributed by atoms with Gasteiger partial charge in [0.2, 0.25) is 4.96 Å². The molecule has 0 atom stereocenters. The fraction of sp³-hybridized carbons (Fsp3) is 0.308. The van der Waals surface area contributed by atoms with Crippen molar-refractivity contribution in [1.82, 2.24) is 19.8 Å². The van der Waals surface area contributed by atoms with E-state index in [0.717, 1.165) is 18.0 Å². The Bertz CT molecular complexity index is 794. The van der Waals surface area contributed by atoms with Crippen molar-refractivity contribution in [1.29, 1.82) is 0 Å². The molecule has 0 fully saturated rings. The second-order valence-electron chi connectivity index (χ2n) is 4.61. The molecule has 0 unspecified atom stereocenters. The van der Waals surface area contributed by atoms with E-state index in [1.54, 1.807) is 22.3 Å². The number of fused-ring (bicyclic) bond motifs is 1. The molecular weight excluding hydrogens is 333 g/mol. The molecule has 2 aromatic heterocycles. The molecule has 3 aromatic rings. The summed E-state index contributed by atoms with van der Waals surface area (Å²) in [5, 5.41) is 13.2. The van der Waals surface area contributed by atoms with Gasteiger partial charge in [-0.05, 0) is 17.9 Å². The van der Waals surface area contributed by atoms with Gasteiger partial charge in [0.15, 0.2) is 5.82 Å². The number of benzene rings is 1. The van der Waals surface area contributed by atoms with Crippen molar-refractivity contribution in [2.75, 3.05) is 6.26 Å². The van der Waals surface area contributed by atoms with E-state index in [2.05, 4.69) is 15.3 Å². The maximum absolute atomic E-state index is 12.7. The first-order valence-corrected chi connectivity index (χ1v) is 8.53. The minimum Gasteiger partial charge on any atom is -0.186 e. The Morgan fingerprint density at radius 1 is 1.27 bits per heavy atom. The summed E-state index contributed by atoms with van der Waals surface area (Å²) in [5.74, 6) is 1.43. The summed E-state index contributed by atoms with van der Waals surface area (Å²) in [7, 11) is 0. The van der Waals surface area contributed by atoms with E-state index in [1.165, 1.54) is 17.4 Å². The summed E-state index contributed by atoms with van der Waals surface area (Å²) in [6.07, 6.45) is -2.03. The van der Waals surface area contributed by atoms with E-state index < -0.39 is 11.7 Å². The van der Waals surface area contributed by atoms with Gasteiger partial charge in [-0.1, -0.05) is 29.5 Å². The SMILES string of the molecule is CSCc1nnc2sc(Cc3cccc(C(F)(F)F)c3)nn12. The minimum atomic E-state index is -4.33. The number of thioether (sulfide) groups is 1. The minimum absolute atomic E-state index is 0.344. The molecule has 0 saturated heterocycles. The number of rotatable bonds is 4. The molecule has 0 aliphatic rings. The van der Waals surface area contributed by atoms with Gasteiger partial charge in [-0.15, -0.1) is 10.2 Å². The van der Waals surface area contributed by atoms with Gasteiger partial charge < -0.3 is 0 Å². The highest BCUT2D eigenvalue weighted by molar-refractivity contribution is 7.97. The topological polar surface area (TPSA) is 43.1 Å². The molecule has 0 amide bonds. The van der Waals surface area contributed by atoms with Crippen molar-refractivity contribution in [3.63, 3.8) is 0 Å². The lowest BCUT2D eigenvalue weighted by Crippen LogP contribution is -2.05. The fourth-order valence-electron chi connectivity index (χ4n) is 2.02. The lowest BCUT2D eigenvalue weighted by molar-refractivity contribution is -0.137. The third-order valence-electron chi connectivity index (χ3n) is 2.98. The molecule has 0 spiro atoms. The quantitative estimate of drug-likeness (QED) is 0.724. The van der Waals surface area contributed by atoms with Crippen molar-refractivity contribution in [2.45, 2.75) is 18.3 Å². The van der Waals surface area contributed by atoms with Crippen LogP contribution in [0.15, 0.2) is 24.3 Å². The Kier molecular flexibility index (Phi) is 4.09. The number of hydrogen-bond donors (Lipinski definition) is 0. The second kappa shape index (κ2) is 5.88. The number of nitrogens with zero attached hydrogens (tertiary/aromatic N) is 4. The summed E-state index contributed by atoms with van der Waals surface area (Å²) in [5.41, 5.74) is -0.0673. The highest BCUT2D eigenvalue weighted by atomic mass is 32.2. The Morgan fingerprint density at radius 2 is 2.09 bits per heavy atom. The van der Waals surface area contributed by atoms with Crippen molar-refractivity contribution in [2.24, 2.45) is 0 Å². The summed E-state index contributed by atoms with van der Waals surface area (Å²) in [6, 6.07) is 5.31. The molecular formula is C13H11F3N4S2. The van der Waals surface area contributed by atoms with Gasteiger partial charge in [-0.25, -0.2) is 0 Å². The zero-order valence-corrected chi connectivity index (χ0v) is 13.1. The molecule has 9 heteroatoms. The van der Waals surface area contributed by atoms with Gasteiger partial charge in [-0.3, -0.25) is 0 Å². The first-order chi connectivity index (χ1) is 10.5. The summed E-state index contributed by atoms with van der Waals surface area (Å²) in [4.78, 5) is 0.658. The molecule has 22 heavy (non-hydrogen) atoms. The molecule has 4 nitrogen and oxygen atoms in total. The molecule has 3 rings (SSSR count). The zero-order chi connectivity index (χ0) is 15.7. The van der Waals surface area contributed by atoms with Crippen LogP contribution in [0.3, 0.4) is 0 Å². The van der Waals surface area contributed by atoms with Crippen LogP contribution in [0, 0.1) is 0 Å². The van der Waals surface area contributed by atoms with Crippen LogP contribution < -0.4 is 0 Å². The third kappa shape index (κ3) is 3.09. The van der Waals surface area contributed by atoms with Gasteiger partial charge in [0, 0.05) is 6.42 Å². The molecule has 0 saturated carbocycles. The van der Waals surface area contributed by atoms with Gasteiger partial charge in [0.1, 0.15) is 5.01 Å². The van der Waals surface area contributed by atoms with Gasteiger partial charge in [0.25, 0.3) is 0 Å². The Balaban J connectivity index is 1.87. The summed E-state index contributed by atoms with van der Waals surface area (Å²) >= 11 is 2.95. The summed E-state index contributed by atoms with van der Waals surface area (Å²) in [6.45, 7) is 0. The monoisotopic (exact) mass is 344 g/mol. The molecule has 1 aromatic carbocycles. The maximum Gasteiger partial charge on any atom is 0.416 e. The van der Waals surface area contributed by atoms with Crippen LogP contribution in [0.25, 0.3) is 4.96 Å². The molecule has 0 bridgehead atoms. The Labute approximate surface area is 132 Å². The third-order valence-corrected chi connectivity index (χ3v) is 4.43. The highest BCUT2D eigenvalue weighted by Crippen LogP contribution is 2.30. The highest BCUT2D eigenvalue weighted by Gasteiger charge is 2.30. The molecule has 0 radical (unpaired) electrons. The number of hydrogen-bond acceptors (Lipinski definition) is 5. The van der Waals surface area contributed by atoms with Crippen LogP contribution >= 0.6 is 23.1 Å². The van der Waals surface area contributed by atoms with Crippen molar-refractivity contribution >= 4 is 28.1 Å². The number of alkyl halides is 3. The molecule has 0 aliphatic heterocycles. The molecule has 0 N–H and O–H groups in total. The van der Waals surface area contributed by atoms with Crippen molar-refractivity contribution in [3.8, 4) is 0 Å². The average Bonchev–Trinajstić information content (AvgIpc) is 3.00. The Morgan fingerprint density at radius 3 is 2.82 bits per heavy atom. The molecule has 116 valence electrons. The van der Waals surface area contributed by atoms with Crippen molar-refractivity contribution in [3.05, 3.63) is 46.2 Å². The van der Waals surface area contributed by atoms with Crippen LogP contribution in [0.1, 0.15) is 22.0 Å². The lowest BCUT2D eigenvalue weighted by atomic mass is 10.1. The summed E-state index contributed by atoms with van der Waals surface area (Å²) < 4.78 is 39.8. The van der Waals surface area contributed by atoms with E-state index >= 15 is 0 Å². The van der Waals surface area contributed by atoms with E-state index in [1.807, 2.05) is 6.26 Å².